The van der Waals surface area contributed by atoms with Crippen molar-refractivity contribution in [2.75, 3.05) is 5.32 Å². The zero-order valence-corrected chi connectivity index (χ0v) is 17.6. The van der Waals surface area contributed by atoms with Crippen LogP contribution in [0.1, 0.15) is 54.9 Å². The molecular formula is C25H27N3O3. The topological polar surface area (TPSA) is 90.8 Å². The third-order valence-corrected chi connectivity index (χ3v) is 4.97. The number of unbranched alkanes of at least 4 members (excludes halogenated alkanes) is 3. The molecule has 0 unspecified atom stereocenters. The molecule has 3 aromatic rings. The molecule has 0 aliphatic carbocycles. The Morgan fingerprint density at radius 2 is 1.84 bits per heavy atom. The molecule has 0 aliphatic rings. The molecule has 160 valence electrons. The number of hydrazone groups is 1. The number of nitrogens with one attached hydrogen (secondary N) is 2. The fourth-order valence-corrected chi connectivity index (χ4v) is 3.31. The highest BCUT2D eigenvalue weighted by Crippen LogP contribution is 2.25. The van der Waals surface area contributed by atoms with Crippen molar-refractivity contribution in [3.05, 3.63) is 71.8 Å². The van der Waals surface area contributed by atoms with Crippen LogP contribution in [-0.4, -0.2) is 23.1 Å². The van der Waals surface area contributed by atoms with Crippen LogP contribution in [0.3, 0.4) is 0 Å². The van der Waals surface area contributed by atoms with Crippen LogP contribution in [-0.2, 0) is 4.79 Å². The average molecular weight is 418 g/mol. The van der Waals surface area contributed by atoms with Gasteiger partial charge in [0.1, 0.15) is 5.75 Å². The molecule has 0 saturated heterocycles. The van der Waals surface area contributed by atoms with Crippen LogP contribution >= 0.6 is 0 Å². The lowest BCUT2D eigenvalue weighted by atomic mass is 10.0. The Labute approximate surface area is 182 Å². The Morgan fingerprint density at radius 3 is 2.68 bits per heavy atom. The molecule has 3 N–H and O–H groups in total. The number of hydrogen-bond acceptors (Lipinski definition) is 4. The molecule has 3 rings (SSSR count). The molecule has 0 aromatic heterocycles. The second-order valence-corrected chi connectivity index (χ2v) is 7.36. The summed E-state index contributed by atoms with van der Waals surface area (Å²) < 4.78 is 0. The highest BCUT2D eigenvalue weighted by molar-refractivity contribution is 6.03. The Hall–Kier alpha value is -3.67. The van der Waals surface area contributed by atoms with Crippen LogP contribution in [0.25, 0.3) is 10.8 Å². The van der Waals surface area contributed by atoms with E-state index in [9.17, 15) is 14.7 Å². The van der Waals surface area contributed by atoms with Crippen molar-refractivity contribution in [1.29, 1.82) is 0 Å². The van der Waals surface area contributed by atoms with E-state index in [0.29, 0.717) is 23.2 Å². The molecule has 3 aromatic carbocycles. The van der Waals surface area contributed by atoms with Crippen molar-refractivity contribution in [3.63, 3.8) is 0 Å². The van der Waals surface area contributed by atoms with Crippen molar-refractivity contribution in [2.45, 2.75) is 39.0 Å². The fraction of sp³-hybridized carbons (Fsp3) is 0.240. The van der Waals surface area contributed by atoms with E-state index in [-0.39, 0.29) is 11.7 Å². The number of rotatable bonds is 9. The third-order valence-electron chi connectivity index (χ3n) is 4.97. The van der Waals surface area contributed by atoms with Crippen LogP contribution in [0.15, 0.2) is 65.8 Å². The smallest absolute Gasteiger partial charge is 0.271 e. The van der Waals surface area contributed by atoms with E-state index in [2.05, 4.69) is 22.8 Å². The van der Waals surface area contributed by atoms with Gasteiger partial charge in [0, 0.05) is 23.2 Å². The molecule has 0 heterocycles. The molecule has 2 amide bonds. The van der Waals surface area contributed by atoms with Crippen LogP contribution in [0.2, 0.25) is 0 Å². The van der Waals surface area contributed by atoms with E-state index < -0.39 is 5.91 Å². The number of nitrogens with zero attached hydrogens (tertiary/aromatic N) is 1. The average Bonchev–Trinajstić information content (AvgIpc) is 2.78. The third kappa shape index (κ3) is 6.15. The first-order valence-electron chi connectivity index (χ1n) is 10.5. The van der Waals surface area contributed by atoms with E-state index in [1.165, 1.54) is 6.21 Å². The Balaban J connectivity index is 1.62. The quantitative estimate of drug-likeness (QED) is 0.253. The maximum Gasteiger partial charge on any atom is 0.271 e. The van der Waals surface area contributed by atoms with Gasteiger partial charge in [-0.1, -0.05) is 62.6 Å². The van der Waals surface area contributed by atoms with Crippen LogP contribution < -0.4 is 10.7 Å². The summed E-state index contributed by atoms with van der Waals surface area (Å²) in [5.41, 5.74) is 3.96. The summed E-state index contributed by atoms with van der Waals surface area (Å²) in [6, 6.07) is 17.8. The van der Waals surface area contributed by atoms with Gasteiger partial charge in [0.05, 0.1) is 6.21 Å². The molecular weight excluding hydrogens is 390 g/mol. The van der Waals surface area contributed by atoms with E-state index in [4.69, 9.17) is 0 Å². The number of carbonyl (C=O) groups excluding carboxylic acids is 2. The summed E-state index contributed by atoms with van der Waals surface area (Å²) in [7, 11) is 0. The predicted octanol–water partition coefficient (Wildman–Crippen LogP) is 5.22. The van der Waals surface area contributed by atoms with Gasteiger partial charge in [-0.25, -0.2) is 5.43 Å². The first-order chi connectivity index (χ1) is 15.1. The second kappa shape index (κ2) is 10.9. The second-order valence-electron chi connectivity index (χ2n) is 7.36. The van der Waals surface area contributed by atoms with E-state index in [1.807, 2.05) is 30.3 Å². The summed E-state index contributed by atoms with van der Waals surface area (Å²) in [6.07, 6.45) is 6.04. The standard InChI is InChI=1S/C25H27N3O3/c1-2-3-4-5-13-24(30)27-20-11-8-10-19(16-20)25(31)28-26-17-22-21-12-7-6-9-18(21)14-15-23(22)29/h6-12,14-17,29H,2-5,13H2,1H3,(H,27,30)(H,28,31). The predicted molar refractivity (Wildman–Crippen MR) is 125 cm³/mol. The van der Waals surface area contributed by atoms with Gasteiger partial charge >= 0.3 is 0 Å². The highest BCUT2D eigenvalue weighted by atomic mass is 16.3. The number of hydrogen-bond donors (Lipinski definition) is 3. The summed E-state index contributed by atoms with van der Waals surface area (Å²) in [5.74, 6) is -0.381. The zero-order chi connectivity index (χ0) is 22.1. The number of carbonyl (C=O) groups is 2. The van der Waals surface area contributed by atoms with Crippen molar-refractivity contribution in [3.8, 4) is 5.75 Å². The number of phenols is 1. The summed E-state index contributed by atoms with van der Waals surface area (Å²) in [5, 5.41) is 18.8. The van der Waals surface area contributed by atoms with Gasteiger partial charge in [0.25, 0.3) is 5.91 Å². The Kier molecular flexibility index (Phi) is 7.76. The number of amides is 2. The van der Waals surface area contributed by atoms with Crippen LogP contribution in [0, 0.1) is 0 Å². The minimum atomic E-state index is -0.407. The SMILES string of the molecule is CCCCCCC(=O)Nc1cccc(C(=O)NN=Cc2c(O)ccc3ccccc23)c1. The van der Waals surface area contributed by atoms with Gasteiger partial charge in [0.2, 0.25) is 5.91 Å². The van der Waals surface area contributed by atoms with Gasteiger partial charge in [-0.15, -0.1) is 0 Å². The molecule has 0 fully saturated rings. The monoisotopic (exact) mass is 417 g/mol. The highest BCUT2D eigenvalue weighted by Gasteiger charge is 2.08. The largest absolute Gasteiger partial charge is 0.507 e. The molecule has 6 nitrogen and oxygen atoms in total. The first-order valence-corrected chi connectivity index (χ1v) is 10.5. The lowest BCUT2D eigenvalue weighted by Crippen LogP contribution is -2.18. The number of aromatic hydroxyl groups is 1. The summed E-state index contributed by atoms with van der Waals surface area (Å²) in [6.45, 7) is 2.13. The lowest BCUT2D eigenvalue weighted by Gasteiger charge is -2.07. The van der Waals surface area contributed by atoms with Crippen LogP contribution in [0.5, 0.6) is 5.75 Å². The van der Waals surface area contributed by atoms with Gasteiger partial charge in [-0.2, -0.15) is 5.10 Å². The van der Waals surface area contributed by atoms with Gasteiger partial charge < -0.3 is 10.4 Å². The molecule has 0 spiro atoms. The maximum absolute atomic E-state index is 12.5. The molecule has 0 saturated carbocycles. The Bertz CT molecular complexity index is 1090. The van der Waals surface area contributed by atoms with Crippen molar-refractivity contribution < 1.29 is 14.7 Å². The molecule has 0 atom stereocenters. The van der Waals surface area contributed by atoms with Crippen molar-refractivity contribution >= 4 is 34.5 Å². The normalized spacial score (nSPS) is 11.0. The fourth-order valence-electron chi connectivity index (χ4n) is 3.31. The maximum atomic E-state index is 12.5. The number of benzene rings is 3. The van der Waals surface area contributed by atoms with E-state index in [0.717, 1.165) is 36.5 Å². The van der Waals surface area contributed by atoms with Crippen molar-refractivity contribution in [1.82, 2.24) is 5.43 Å². The van der Waals surface area contributed by atoms with Gasteiger partial charge in [0.15, 0.2) is 0 Å². The van der Waals surface area contributed by atoms with Gasteiger partial charge in [-0.05, 0) is 41.5 Å². The van der Waals surface area contributed by atoms with Crippen molar-refractivity contribution in [2.24, 2.45) is 5.10 Å². The van der Waals surface area contributed by atoms with Crippen LogP contribution in [0.4, 0.5) is 5.69 Å². The lowest BCUT2D eigenvalue weighted by molar-refractivity contribution is -0.116. The molecule has 0 bridgehead atoms. The van der Waals surface area contributed by atoms with E-state index in [1.54, 1.807) is 30.3 Å². The Morgan fingerprint density at radius 1 is 1.00 bits per heavy atom. The molecule has 0 radical (unpaired) electrons. The van der Waals surface area contributed by atoms with Gasteiger partial charge in [-0.3, -0.25) is 9.59 Å². The summed E-state index contributed by atoms with van der Waals surface area (Å²) in [4.78, 5) is 24.5. The molecule has 6 heteroatoms. The number of phenolic OH excluding ortho intramolecular Hbond substituents is 1. The number of anilines is 1. The molecule has 31 heavy (non-hydrogen) atoms. The minimum absolute atomic E-state index is 0.0573. The number of fused-ring (bicyclic) bond motifs is 1. The zero-order valence-electron chi connectivity index (χ0n) is 17.6. The summed E-state index contributed by atoms with van der Waals surface area (Å²) >= 11 is 0. The molecule has 0 aliphatic heterocycles. The first kappa shape index (κ1) is 22.0. The minimum Gasteiger partial charge on any atom is -0.507 e. The van der Waals surface area contributed by atoms with E-state index >= 15 is 0 Å².